The van der Waals surface area contributed by atoms with Crippen LogP contribution in [0.15, 0.2) is 11.8 Å². The smallest absolute Gasteiger partial charge is 0.0876 e. The number of rotatable bonds is 3. The zero-order valence-electron chi connectivity index (χ0n) is 8.10. The topological polar surface area (TPSA) is 35.2 Å². The molecule has 0 aliphatic carbocycles. The summed E-state index contributed by atoms with van der Waals surface area (Å²) in [4.78, 5) is 0. The third kappa shape index (κ3) is 2.24. The average Bonchev–Trinajstić information content (AvgIpc) is 2.06. The Balaban J connectivity index is 2.59. The van der Waals surface area contributed by atoms with E-state index in [9.17, 15) is 0 Å². The fraction of sp³-hybridized carbons (Fsp3) is 0.800. The summed E-state index contributed by atoms with van der Waals surface area (Å²) < 4.78 is 5.31. The Kier molecular flexibility index (Phi) is 3.15. The molecule has 0 aromatic rings. The fourth-order valence-electron chi connectivity index (χ4n) is 1.58. The molecule has 0 spiro atoms. The van der Waals surface area contributed by atoms with Gasteiger partial charge in [-0.25, -0.2) is 0 Å². The molecule has 1 aliphatic heterocycles. The lowest BCUT2D eigenvalue weighted by Crippen LogP contribution is -2.21. The normalized spacial score (nSPS) is 18.4. The quantitative estimate of drug-likeness (QED) is 0.701. The Labute approximate surface area is 74.8 Å². The second-order valence-corrected chi connectivity index (χ2v) is 4.04. The fourth-order valence-corrected chi connectivity index (χ4v) is 1.58. The molecule has 0 saturated carbocycles. The van der Waals surface area contributed by atoms with E-state index in [1.165, 1.54) is 12.0 Å². The second-order valence-electron chi connectivity index (χ2n) is 4.04. The summed E-state index contributed by atoms with van der Waals surface area (Å²) in [5, 5.41) is 0. The van der Waals surface area contributed by atoms with Crippen molar-refractivity contribution in [2.24, 2.45) is 11.1 Å². The summed E-state index contributed by atoms with van der Waals surface area (Å²) in [6.07, 6.45) is 5.30. The maximum absolute atomic E-state index is 5.55. The van der Waals surface area contributed by atoms with Crippen molar-refractivity contribution in [3.05, 3.63) is 11.8 Å². The van der Waals surface area contributed by atoms with Gasteiger partial charge in [0, 0.05) is 0 Å². The molecule has 0 amide bonds. The lowest BCUT2D eigenvalue weighted by atomic mass is 9.79. The van der Waals surface area contributed by atoms with E-state index in [1.807, 2.05) is 6.26 Å². The Morgan fingerprint density at radius 1 is 1.58 bits per heavy atom. The molecule has 0 fully saturated rings. The molecule has 1 rings (SSSR count). The van der Waals surface area contributed by atoms with Crippen molar-refractivity contribution in [2.75, 3.05) is 13.2 Å². The minimum Gasteiger partial charge on any atom is -0.501 e. The van der Waals surface area contributed by atoms with Crippen LogP contribution < -0.4 is 5.73 Å². The average molecular weight is 169 g/mol. The van der Waals surface area contributed by atoms with E-state index < -0.39 is 0 Å². The van der Waals surface area contributed by atoms with E-state index >= 15 is 0 Å². The highest BCUT2D eigenvalue weighted by molar-refractivity contribution is 5.11. The standard InChI is InChI=1S/C10H19NO/c1-10(2,5-6-11)9-4-3-7-12-8-9/h8H,3-7,11H2,1-2H3. The van der Waals surface area contributed by atoms with Gasteiger partial charge in [-0.1, -0.05) is 13.8 Å². The van der Waals surface area contributed by atoms with Gasteiger partial charge in [0.15, 0.2) is 0 Å². The maximum atomic E-state index is 5.55. The second kappa shape index (κ2) is 3.94. The predicted molar refractivity (Wildman–Crippen MR) is 50.7 cm³/mol. The molecule has 0 atom stereocenters. The molecule has 0 aromatic carbocycles. The monoisotopic (exact) mass is 169 g/mol. The Bertz CT molecular complexity index is 173. The minimum atomic E-state index is 0.231. The Morgan fingerprint density at radius 2 is 2.33 bits per heavy atom. The highest BCUT2D eigenvalue weighted by atomic mass is 16.5. The minimum absolute atomic E-state index is 0.231. The van der Waals surface area contributed by atoms with E-state index in [4.69, 9.17) is 10.5 Å². The predicted octanol–water partition coefficient (Wildman–Crippen LogP) is 2.06. The first-order valence-electron chi connectivity index (χ1n) is 4.68. The van der Waals surface area contributed by atoms with E-state index in [0.29, 0.717) is 0 Å². The molecule has 0 saturated heterocycles. The van der Waals surface area contributed by atoms with Crippen molar-refractivity contribution in [1.29, 1.82) is 0 Å². The Hall–Kier alpha value is -0.500. The van der Waals surface area contributed by atoms with Crippen LogP contribution in [0, 0.1) is 5.41 Å². The molecule has 2 heteroatoms. The first kappa shape index (κ1) is 9.59. The summed E-state index contributed by atoms with van der Waals surface area (Å²) in [6.45, 7) is 6.10. The molecule has 2 nitrogen and oxygen atoms in total. The maximum Gasteiger partial charge on any atom is 0.0876 e. The van der Waals surface area contributed by atoms with Crippen molar-refractivity contribution < 1.29 is 4.74 Å². The summed E-state index contributed by atoms with van der Waals surface area (Å²) in [5.74, 6) is 0. The SMILES string of the molecule is CC(C)(CCN)C1=COCCC1. The van der Waals surface area contributed by atoms with Crippen LogP contribution in [0.5, 0.6) is 0 Å². The number of ether oxygens (including phenoxy) is 1. The molecule has 0 bridgehead atoms. The van der Waals surface area contributed by atoms with Crippen LogP contribution in [-0.2, 0) is 4.74 Å². The molecule has 2 N–H and O–H groups in total. The highest BCUT2D eigenvalue weighted by Crippen LogP contribution is 2.34. The van der Waals surface area contributed by atoms with E-state index in [2.05, 4.69) is 13.8 Å². The van der Waals surface area contributed by atoms with Gasteiger partial charge in [0.25, 0.3) is 0 Å². The summed E-state index contributed by atoms with van der Waals surface area (Å²) in [7, 11) is 0. The van der Waals surface area contributed by atoms with E-state index in [1.54, 1.807) is 0 Å². The van der Waals surface area contributed by atoms with Gasteiger partial charge < -0.3 is 10.5 Å². The summed E-state index contributed by atoms with van der Waals surface area (Å²) in [5.41, 5.74) is 7.20. The van der Waals surface area contributed by atoms with Crippen LogP contribution in [0.3, 0.4) is 0 Å². The number of hydrogen-bond acceptors (Lipinski definition) is 2. The lowest BCUT2D eigenvalue weighted by Gasteiger charge is -2.29. The van der Waals surface area contributed by atoms with Crippen molar-refractivity contribution in [1.82, 2.24) is 0 Å². The first-order valence-corrected chi connectivity index (χ1v) is 4.68. The zero-order chi connectivity index (χ0) is 9.03. The highest BCUT2D eigenvalue weighted by Gasteiger charge is 2.23. The largest absolute Gasteiger partial charge is 0.501 e. The van der Waals surface area contributed by atoms with Gasteiger partial charge in [-0.2, -0.15) is 0 Å². The zero-order valence-corrected chi connectivity index (χ0v) is 8.10. The van der Waals surface area contributed by atoms with Gasteiger partial charge in [0.05, 0.1) is 12.9 Å². The molecule has 1 heterocycles. The van der Waals surface area contributed by atoms with Gasteiger partial charge in [-0.3, -0.25) is 0 Å². The number of nitrogens with two attached hydrogens (primary N) is 1. The van der Waals surface area contributed by atoms with Gasteiger partial charge in [-0.05, 0) is 36.8 Å². The van der Waals surface area contributed by atoms with Crippen LogP contribution in [-0.4, -0.2) is 13.2 Å². The molecule has 0 radical (unpaired) electrons. The van der Waals surface area contributed by atoms with Crippen LogP contribution >= 0.6 is 0 Å². The molecule has 0 unspecified atom stereocenters. The van der Waals surface area contributed by atoms with Crippen LogP contribution in [0.2, 0.25) is 0 Å². The molecule has 1 aliphatic rings. The third-order valence-corrected chi connectivity index (χ3v) is 2.57. The van der Waals surface area contributed by atoms with Crippen molar-refractivity contribution in [2.45, 2.75) is 33.1 Å². The van der Waals surface area contributed by atoms with Crippen molar-refractivity contribution in [3.63, 3.8) is 0 Å². The third-order valence-electron chi connectivity index (χ3n) is 2.57. The van der Waals surface area contributed by atoms with Crippen molar-refractivity contribution >= 4 is 0 Å². The number of allylic oxidation sites excluding steroid dienone is 1. The van der Waals surface area contributed by atoms with Crippen LogP contribution in [0.1, 0.15) is 33.1 Å². The van der Waals surface area contributed by atoms with Gasteiger partial charge in [0.2, 0.25) is 0 Å². The number of hydrogen-bond donors (Lipinski definition) is 1. The molecule has 12 heavy (non-hydrogen) atoms. The lowest BCUT2D eigenvalue weighted by molar-refractivity contribution is 0.206. The summed E-state index contributed by atoms with van der Waals surface area (Å²) in [6, 6.07) is 0. The van der Waals surface area contributed by atoms with Crippen molar-refractivity contribution in [3.8, 4) is 0 Å². The summed E-state index contributed by atoms with van der Waals surface area (Å²) >= 11 is 0. The molecule has 0 aromatic heterocycles. The van der Waals surface area contributed by atoms with E-state index in [-0.39, 0.29) is 5.41 Å². The molecule has 70 valence electrons. The molecular weight excluding hydrogens is 150 g/mol. The van der Waals surface area contributed by atoms with Gasteiger partial charge in [0.1, 0.15) is 0 Å². The van der Waals surface area contributed by atoms with Gasteiger partial charge >= 0.3 is 0 Å². The Morgan fingerprint density at radius 3 is 2.83 bits per heavy atom. The molecular formula is C10H19NO. The first-order chi connectivity index (χ1) is 5.67. The van der Waals surface area contributed by atoms with Gasteiger partial charge in [-0.15, -0.1) is 0 Å². The van der Waals surface area contributed by atoms with Crippen LogP contribution in [0.25, 0.3) is 0 Å². The van der Waals surface area contributed by atoms with E-state index in [0.717, 1.165) is 26.0 Å². The van der Waals surface area contributed by atoms with Crippen LogP contribution in [0.4, 0.5) is 0 Å².